The minimum absolute atomic E-state index is 0.923. The molecule has 0 rings (SSSR count). The van der Waals surface area contributed by atoms with Crippen molar-refractivity contribution >= 4 is 0 Å². The average Bonchev–Trinajstić information content (AvgIpc) is 2.10. The molecule has 2 nitrogen and oxygen atoms in total. The predicted octanol–water partition coefficient (Wildman–Crippen LogP) is 2.04. The van der Waals surface area contributed by atoms with Crippen LogP contribution < -0.4 is 0 Å². The molecule has 0 saturated heterocycles. The van der Waals surface area contributed by atoms with Crippen LogP contribution in [0.3, 0.4) is 0 Å². The quantitative estimate of drug-likeness (QED) is 0.445. The van der Waals surface area contributed by atoms with E-state index in [1.165, 1.54) is 0 Å². The van der Waals surface area contributed by atoms with Crippen molar-refractivity contribution in [2.75, 3.05) is 26.7 Å². The van der Waals surface area contributed by atoms with Gasteiger partial charge in [-0.1, -0.05) is 20.4 Å². The number of hydrogen-bond donors (Lipinski definition) is 0. The molecular formula is C10H19NO. The summed E-state index contributed by atoms with van der Waals surface area (Å²) >= 11 is 0. The molecule has 0 aliphatic heterocycles. The summed E-state index contributed by atoms with van der Waals surface area (Å²) in [5, 5.41) is 0. The average molecular weight is 169 g/mol. The molecule has 0 aliphatic carbocycles. The van der Waals surface area contributed by atoms with Gasteiger partial charge in [-0.3, -0.25) is 4.90 Å². The molecule has 0 N–H and O–H groups in total. The summed E-state index contributed by atoms with van der Waals surface area (Å²) in [6.45, 7) is 11.3. The van der Waals surface area contributed by atoms with E-state index in [1.807, 2.05) is 6.08 Å². The Morgan fingerprint density at radius 3 is 2.42 bits per heavy atom. The Kier molecular flexibility index (Phi) is 6.48. The Morgan fingerprint density at radius 2 is 2.00 bits per heavy atom. The maximum Gasteiger partial charge on any atom is 0.0827 e. The van der Waals surface area contributed by atoms with Crippen LogP contribution in [0.1, 0.15) is 13.8 Å². The van der Waals surface area contributed by atoms with Crippen LogP contribution in [0.25, 0.3) is 0 Å². The maximum atomic E-state index is 4.80. The second-order valence-corrected chi connectivity index (χ2v) is 2.66. The summed E-state index contributed by atoms with van der Waals surface area (Å²) in [7, 11) is 1.64. The molecule has 0 unspecified atom stereocenters. The van der Waals surface area contributed by atoms with E-state index >= 15 is 0 Å². The Balaban J connectivity index is 3.73. The van der Waals surface area contributed by atoms with Crippen LogP contribution in [0.2, 0.25) is 0 Å². The summed E-state index contributed by atoms with van der Waals surface area (Å²) in [4.78, 5) is 2.31. The fourth-order valence-corrected chi connectivity index (χ4v) is 0.951. The van der Waals surface area contributed by atoms with E-state index in [9.17, 15) is 0 Å². The van der Waals surface area contributed by atoms with Crippen molar-refractivity contribution in [3.63, 3.8) is 0 Å². The molecule has 0 atom stereocenters. The Morgan fingerprint density at radius 1 is 1.42 bits per heavy atom. The van der Waals surface area contributed by atoms with Crippen LogP contribution in [0, 0.1) is 0 Å². The Labute approximate surface area is 75.5 Å². The standard InChI is InChI=1S/C10H19NO/c1-5-11(6-2)9-10(3)7-8-12-4/h7-8H,3,5-6,9H2,1-2,4H3. The molecule has 0 fully saturated rings. The molecule has 0 aromatic rings. The molecule has 0 radical (unpaired) electrons. The Bertz CT molecular complexity index is 148. The highest BCUT2D eigenvalue weighted by atomic mass is 16.5. The second-order valence-electron chi connectivity index (χ2n) is 2.66. The van der Waals surface area contributed by atoms with Crippen LogP contribution in [0.5, 0.6) is 0 Å². The van der Waals surface area contributed by atoms with Crippen LogP contribution in [0.15, 0.2) is 24.5 Å². The third-order valence-corrected chi connectivity index (χ3v) is 1.76. The zero-order valence-corrected chi connectivity index (χ0v) is 8.34. The van der Waals surface area contributed by atoms with Gasteiger partial charge in [0.25, 0.3) is 0 Å². The first-order chi connectivity index (χ1) is 5.74. The van der Waals surface area contributed by atoms with Crippen molar-refractivity contribution in [1.29, 1.82) is 0 Å². The van der Waals surface area contributed by atoms with Crippen molar-refractivity contribution in [1.82, 2.24) is 4.90 Å². The molecule has 2 heteroatoms. The fourth-order valence-electron chi connectivity index (χ4n) is 0.951. The molecule has 0 aliphatic rings. The van der Waals surface area contributed by atoms with Gasteiger partial charge in [0.05, 0.1) is 13.4 Å². The van der Waals surface area contributed by atoms with Crippen molar-refractivity contribution in [3.8, 4) is 0 Å². The topological polar surface area (TPSA) is 12.5 Å². The molecule has 0 heterocycles. The highest BCUT2D eigenvalue weighted by Gasteiger charge is 1.98. The summed E-state index contributed by atoms with van der Waals surface area (Å²) in [6, 6.07) is 0. The molecule has 0 spiro atoms. The third-order valence-electron chi connectivity index (χ3n) is 1.76. The first-order valence-electron chi connectivity index (χ1n) is 4.34. The molecular weight excluding hydrogens is 150 g/mol. The lowest BCUT2D eigenvalue weighted by atomic mass is 10.3. The lowest BCUT2D eigenvalue weighted by Crippen LogP contribution is -2.24. The van der Waals surface area contributed by atoms with E-state index in [2.05, 4.69) is 25.3 Å². The number of likely N-dealkylation sites (N-methyl/N-ethyl adjacent to an activating group) is 1. The van der Waals surface area contributed by atoms with Crippen molar-refractivity contribution < 1.29 is 4.74 Å². The first-order valence-corrected chi connectivity index (χ1v) is 4.34. The van der Waals surface area contributed by atoms with Gasteiger partial charge >= 0.3 is 0 Å². The minimum atomic E-state index is 0.923. The SMILES string of the molecule is C=C(C=COC)CN(CC)CC. The van der Waals surface area contributed by atoms with Gasteiger partial charge in [0, 0.05) is 6.54 Å². The Hall–Kier alpha value is -0.760. The van der Waals surface area contributed by atoms with Gasteiger partial charge in [0.1, 0.15) is 0 Å². The van der Waals surface area contributed by atoms with E-state index in [1.54, 1.807) is 13.4 Å². The van der Waals surface area contributed by atoms with Gasteiger partial charge in [-0.05, 0) is 24.7 Å². The number of methoxy groups -OCH3 is 1. The molecule has 0 bridgehead atoms. The van der Waals surface area contributed by atoms with Crippen LogP contribution in [-0.2, 0) is 4.74 Å². The van der Waals surface area contributed by atoms with Crippen molar-refractivity contribution in [2.24, 2.45) is 0 Å². The van der Waals surface area contributed by atoms with Crippen LogP contribution in [-0.4, -0.2) is 31.6 Å². The zero-order chi connectivity index (χ0) is 9.40. The van der Waals surface area contributed by atoms with Crippen molar-refractivity contribution in [2.45, 2.75) is 13.8 Å². The number of rotatable bonds is 6. The van der Waals surface area contributed by atoms with Gasteiger partial charge in [-0.15, -0.1) is 0 Å². The number of hydrogen-bond acceptors (Lipinski definition) is 2. The molecule has 0 saturated carbocycles. The fraction of sp³-hybridized carbons (Fsp3) is 0.600. The van der Waals surface area contributed by atoms with Gasteiger partial charge < -0.3 is 4.74 Å². The lowest BCUT2D eigenvalue weighted by molar-refractivity contribution is 0.326. The second kappa shape index (κ2) is 6.92. The van der Waals surface area contributed by atoms with Gasteiger partial charge in [0.2, 0.25) is 0 Å². The maximum absolute atomic E-state index is 4.80. The smallest absolute Gasteiger partial charge is 0.0827 e. The highest BCUT2D eigenvalue weighted by Crippen LogP contribution is 1.97. The summed E-state index contributed by atoms with van der Waals surface area (Å²) in [5.41, 5.74) is 1.08. The van der Waals surface area contributed by atoms with Gasteiger partial charge in [0.15, 0.2) is 0 Å². The highest BCUT2D eigenvalue weighted by molar-refractivity contribution is 5.14. The zero-order valence-electron chi connectivity index (χ0n) is 8.34. The largest absolute Gasteiger partial charge is 0.504 e. The van der Waals surface area contributed by atoms with E-state index in [0.717, 1.165) is 25.2 Å². The van der Waals surface area contributed by atoms with E-state index < -0.39 is 0 Å². The molecule has 0 amide bonds. The predicted molar refractivity (Wildman–Crippen MR) is 53.1 cm³/mol. The van der Waals surface area contributed by atoms with Gasteiger partial charge in [-0.25, -0.2) is 0 Å². The third kappa shape index (κ3) is 4.97. The molecule has 12 heavy (non-hydrogen) atoms. The first kappa shape index (κ1) is 11.2. The summed E-state index contributed by atoms with van der Waals surface area (Å²) in [5.74, 6) is 0. The summed E-state index contributed by atoms with van der Waals surface area (Å²) < 4.78 is 4.80. The monoisotopic (exact) mass is 169 g/mol. The molecule has 0 aromatic carbocycles. The number of ether oxygens (including phenoxy) is 1. The lowest BCUT2D eigenvalue weighted by Gasteiger charge is -2.17. The normalized spacial score (nSPS) is 11.0. The summed E-state index contributed by atoms with van der Waals surface area (Å²) in [6.07, 6.45) is 3.56. The van der Waals surface area contributed by atoms with E-state index in [-0.39, 0.29) is 0 Å². The number of nitrogens with zero attached hydrogens (tertiary/aromatic N) is 1. The van der Waals surface area contributed by atoms with Crippen LogP contribution in [0.4, 0.5) is 0 Å². The van der Waals surface area contributed by atoms with E-state index in [0.29, 0.717) is 0 Å². The van der Waals surface area contributed by atoms with E-state index in [4.69, 9.17) is 4.74 Å². The molecule has 0 aromatic heterocycles. The van der Waals surface area contributed by atoms with Gasteiger partial charge in [-0.2, -0.15) is 0 Å². The van der Waals surface area contributed by atoms with Crippen molar-refractivity contribution in [3.05, 3.63) is 24.5 Å². The molecule has 70 valence electrons. The minimum Gasteiger partial charge on any atom is -0.504 e. The van der Waals surface area contributed by atoms with Crippen LogP contribution >= 0.6 is 0 Å².